The van der Waals surface area contributed by atoms with Gasteiger partial charge in [-0.1, -0.05) is 31.0 Å². The SMILES string of the molecule is Cn1cccc1C1CCCCCN1C(=O)Cc1c[nH]c2ccccc12. The third kappa shape index (κ3) is 3.09. The van der Waals surface area contributed by atoms with Gasteiger partial charge in [-0.2, -0.15) is 0 Å². The topological polar surface area (TPSA) is 41.0 Å². The van der Waals surface area contributed by atoms with Crippen molar-refractivity contribution in [3.63, 3.8) is 0 Å². The quantitative estimate of drug-likeness (QED) is 0.766. The van der Waals surface area contributed by atoms with E-state index < -0.39 is 0 Å². The van der Waals surface area contributed by atoms with E-state index in [4.69, 9.17) is 0 Å². The summed E-state index contributed by atoms with van der Waals surface area (Å²) in [7, 11) is 2.07. The molecule has 4 nitrogen and oxygen atoms in total. The van der Waals surface area contributed by atoms with Crippen LogP contribution in [0.1, 0.15) is 43.0 Å². The molecule has 1 fully saturated rings. The minimum Gasteiger partial charge on any atom is -0.361 e. The molecule has 0 bridgehead atoms. The molecule has 1 aliphatic rings. The van der Waals surface area contributed by atoms with Gasteiger partial charge in [0.1, 0.15) is 0 Å². The largest absolute Gasteiger partial charge is 0.361 e. The second kappa shape index (κ2) is 6.79. The number of likely N-dealkylation sites (tertiary alicyclic amines) is 1. The molecule has 1 amide bonds. The number of H-pyrrole nitrogens is 1. The first kappa shape index (κ1) is 16.0. The zero-order valence-corrected chi connectivity index (χ0v) is 14.7. The fraction of sp³-hybridized carbons (Fsp3) is 0.381. The highest BCUT2D eigenvalue weighted by Gasteiger charge is 2.28. The second-order valence-electron chi connectivity index (χ2n) is 7.03. The number of hydrogen-bond donors (Lipinski definition) is 1. The lowest BCUT2D eigenvalue weighted by Gasteiger charge is -2.30. The zero-order chi connectivity index (χ0) is 17.2. The molecule has 0 aliphatic carbocycles. The molecule has 1 N–H and O–H groups in total. The average molecular weight is 335 g/mol. The first-order valence-electron chi connectivity index (χ1n) is 9.20. The molecule has 0 spiro atoms. The molecule has 130 valence electrons. The zero-order valence-electron chi connectivity index (χ0n) is 14.7. The van der Waals surface area contributed by atoms with Crippen molar-refractivity contribution in [3.05, 3.63) is 60.0 Å². The van der Waals surface area contributed by atoms with Gasteiger partial charge in [0.05, 0.1) is 12.5 Å². The van der Waals surface area contributed by atoms with Gasteiger partial charge in [0, 0.05) is 42.6 Å². The number of aromatic amines is 1. The number of amides is 1. The monoisotopic (exact) mass is 335 g/mol. The normalized spacial score (nSPS) is 18.4. The Balaban J connectivity index is 1.61. The Bertz CT molecular complexity index is 876. The van der Waals surface area contributed by atoms with Gasteiger partial charge in [0.25, 0.3) is 0 Å². The summed E-state index contributed by atoms with van der Waals surface area (Å²) in [4.78, 5) is 18.6. The minimum absolute atomic E-state index is 0.195. The van der Waals surface area contributed by atoms with Crippen LogP contribution in [0.2, 0.25) is 0 Å². The van der Waals surface area contributed by atoms with Crippen LogP contribution in [0.3, 0.4) is 0 Å². The molecule has 4 rings (SSSR count). The molecule has 25 heavy (non-hydrogen) atoms. The van der Waals surface area contributed by atoms with Crippen LogP contribution in [-0.2, 0) is 18.3 Å². The molecule has 1 atom stereocenters. The Morgan fingerprint density at radius 3 is 2.88 bits per heavy atom. The fourth-order valence-electron chi connectivity index (χ4n) is 4.08. The van der Waals surface area contributed by atoms with Crippen LogP contribution in [0.4, 0.5) is 0 Å². The molecule has 3 heterocycles. The Morgan fingerprint density at radius 2 is 2.04 bits per heavy atom. The number of carbonyl (C=O) groups is 1. The van der Waals surface area contributed by atoms with Gasteiger partial charge in [-0.25, -0.2) is 0 Å². The highest BCUT2D eigenvalue weighted by Crippen LogP contribution is 2.31. The summed E-state index contributed by atoms with van der Waals surface area (Å²) >= 11 is 0. The summed E-state index contributed by atoms with van der Waals surface area (Å²) in [5.41, 5.74) is 3.44. The lowest BCUT2D eigenvalue weighted by atomic mass is 10.0. The van der Waals surface area contributed by atoms with Crippen LogP contribution in [0.5, 0.6) is 0 Å². The Labute approximate surface area is 148 Å². The molecular formula is C21H25N3O. The summed E-state index contributed by atoms with van der Waals surface area (Å²) in [6.07, 6.45) is 9.06. The molecular weight excluding hydrogens is 310 g/mol. The maximum Gasteiger partial charge on any atom is 0.227 e. The fourth-order valence-corrected chi connectivity index (χ4v) is 4.08. The predicted octanol–water partition coefficient (Wildman–Crippen LogP) is 4.19. The maximum absolute atomic E-state index is 13.2. The molecule has 0 saturated carbocycles. The number of aromatic nitrogens is 2. The highest BCUT2D eigenvalue weighted by molar-refractivity contribution is 5.89. The lowest BCUT2D eigenvalue weighted by molar-refractivity contribution is -0.133. The van der Waals surface area contributed by atoms with E-state index in [1.807, 2.05) is 18.3 Å². The first-order chi connectivity index (χ1) is 12.2. The number of nitrogens with zero attached hydrogens (tertiary/aromatic N) is 2. The number of fused-ring (bicyclic) bond motifs is 1. The number of aryl methyl sites for hydroxylation is 1. The van der Waals surface area contributed by atoms with E-state index in [0.717, 1.165) is 35.9 Å². The number of para-hydroxylation sites is 1. The van der Waals surface area contributed by atoms with E-state index in [-0.39, 0.29) is 11.9 Å². The van der Waals surface area contributed by atoms with Crippen molar-refractivity contribution in [3.8, 4) is 0 Å². The third-order valence-electron chi connectivity index (χ3n) is 5.42. The standard InChI is InChI=1S/C21H25N3O/c1-23-12-7-11-19(23)20-10-3-2-6-13-24(20)21(25)14-16-15-22-18-9-5-4-8-17(16)18/h4-5,7-9,11-12,15,20,22H,2-3,6,10,13-14H2,1H3. The molecule has 4 heteroatoms. The van der Waals surface area contributed by atoms with Gasteiger partial charge in [-0.15, -0.1) is 0 Å². The highest BCUT2D eigenvalue weighted by atomic mass is 16.2. The van der Waals surface area contributed by atoms with Crippen LogP contribution < -0.4 is 0 Å². The number of nitrogens with one attached hydrogen (secondary N) is 1. The van der Waals surface area contributed by atoms with Crippen molar-refractivity contribution in [2.75, 3.05) is 6.54 Å². The van der Waals surface area contributed by atoms with Crippen LogP contribution >= 0.6 is 0 Å². The molecule has 3 aromatic rings. The molecule has 0 radical (unpaired) electrons. The van der Waals surface area contributed by atoms with Crippen molar-refractivity contribution in [1.29, 1.82) is 0 Å². The van der Waals surface area contributed by atoms with E-state index in [9.17, 15) is 4.79 Å². The third-order valence-corrected chi connectivity index (χ3v) is 5.42. The molecule has 2 aromatic heterocycles. The number of carbonyl (C=O) groups excluding carboxylic acids is 1. The second-order valence-corrected chi connectivity index (χ2v) is 7.03. The van der Waals surface area contributed by atoms with Gasteiger partial charge >= 0.3 is 0 Å². The minimum atomic E-state index is 0.195. The summed E-state index contributed by atoms with van der Waals surface area (Å²) in [6, 6.07) is 12.6. The van der Waals surface area contributed by atoms with Gasteiger partial charge in [-0.05, 0) is 36.6 Å². The number of benzene rings is 1. The van der Waals surface area contributed by atoms with E-state index in [1.54, 1.807) is 0 Å². The van der Waals surface area contributed by atoms with Crippen molar-refractivity contribution in [1.82, 2.24) is 14.5 Å². The van der Waals surface area contributed by atoms with E-state index >= 15 is 0 Å². The van der Waals surface area contributed by atoms with Crippen molar-refractivity contribution in [2.24, 2.45) is 7.05 Å². The smallest absolute Gasteiger partial charge is 0.227 e. The van der Waals surface area contributed by atoms with Gasteiger partial charge in [0.15, 0.2) is 0 Å². The molecule has 1 unspecified atom stereocenters. The summed E-state index contributed by atoms with van der Waals surface area (Å²) in [5, 5.41) is 1.15. The summed E-state index contributed by atoms with van der Waals surface area (Å²) in [6.45, 7) is 0.858. The summed E-state index contributed by atoms with van der Waals surface area (Å²) in [5.74, 6) is 0.234. The van der Waals surface area contributed by atoms with Crippen LogP contribution in [0.15, 0.2) is 48.8 Å². The van der Waals surface area contributed by atoms with E-state index in [2.05, 4.69) is 52.0 Å². The Hall–Kier alpha value is -2.49. The lowest BCUT2D eigenvalue weighted by Crippen LogP contribution is -2.36. The number of rotatable bonds is 3. The van der Waals surface area contributed by atoms with Crippen molar-refractivity contribution >= 4 is 16.8 Å². The average Bonchev–Trinajstić information content (AvgIpc) is 3.14. The predicted molar refractivity (Wildman–Crippen MR) is 100 cm³/mol. The van der Waals surface area contributed by atoms with Gasteiger partial charge in [-0.3, -0.25) is 4.79 Å². The Kier molecular flexibility index (Phi) is 4.35. The van der Waals surface area contributed by atoms with Crippen LogP contribution in [0, 0.1) is 0 Å². The van der Waals surface area contributed by atoms with Gasteiger partial charge < -0.3 is 14.5 Å². The first-order valence-corrected chi connectivity index (χ1v) is 9.20. The molecule has 1 aliphatic heterocycles. The molecule has 1 aromatic carbocycles. The van der Waals surface area contributed by atoms with Crippen LogP contribution in [0.25, 0.3) is 10.9 Å². The van der Waals surface area contributed by atoms with E-state index in [0.29, 0.717) is 6.42 Å². The van der Waals surface area contributed by atoms with Crippen molar-refractivity contribution < 1.29 is 4.79 Å². The van der Waals surface area contributed by atoms with Crippen LogP contribution in [-0.4, -0.2) is 26.9 Å². The van der Waals surface area contributed by atoms with Gasteiger partial charge in [0.2, 0.25) is 5.91 Å². The Morgan fingerprint density at radius 1 is 1.16 bits per heavy atom. The van der Waals surface area contributed by atoms with Crippen molar-refractivity contribution in [2.45, 2.75) is 38.1 Å². The maximum atomic E-state index is 13.2. The molecule has 1 saturated heterocycles. The van der Waals surface area contributed by atoms with E-state index in [1.165, 1.54) is 18.5 Å². The number of hydrogen-bond acceptors (Lipinski definition) is 1. The summed E-state index contributed by atoms with van der Waals surface area (Å²) < 4.78 is 2.15.